The molecule has 0 saturated heterocycles. The maximum absolute atomic E-state index is 5.67. The molecule has 9 rings (SSSR count). The van der Waals surface area contributed by atoms with E-state index in [1.165, 1.54) is 27.8 Å². The molecule has 3 aromatic rings. The number of benzene rings is 2. The van der Waals surface area contributed by atoms with Gasteiger partial charge in [-0.2, -0.15) is 0 Å². The van der Waals surface area contributed by atoms with Crippen LogP contribution in [0.25, 0.3) is 27.4 Å². The summed E-state index contributed by atoms with van der Waals surface area (Å²) in [6.45, 7) is 8.65. The van der Waals surface area contributed by atoms with Crippen molar-refractivity contribution in [1.29, 1.82) is 0 Å². The minimum absolute atomic E-state index is 0. The summed E-state index contributed by atoms with van der Waals surface area (Å²) in [7, 11) is 0. The van der Waals surface area contributed by atoms with E-state index in [9.17, 15) is 0 Å². The van der Waals surface area contributed by atoms with Crippen LogP contribution in [0.15, 0.2) is 155 Å². The van der Waals surface area contributed by atoms with E-state index in [0.29, 0.717) is 5.92 Å². The Morgan fingerprint density at radius 1 is 0.623 bits per heavy atom. The van der Waals surface area contributed by atoms with Crippen LogP contribution in [0.3, 0.4) is 0 Å². The van der Waals surface area contributed by atoms with Gasteiger partial charge in [0.25, 0.3) is 0 Å². The third-order valence-electron chi connectivity index (χ3n) is 11.6. The molecule has 5 heterocycles. The van der Waals surface area contributed by atoms with E-state index >= 15 is 0 Å². The Bertz CT molecular complexity index is 2330. The Balaban J connectivity index is 0.00000400. The Morgan fingerprint density at radius 2 is 1.30 bits per heavy atom. The third kappa shape index (κ3) is 6.86. The number of aryl methyl sites for hydroxylation is 2. The summed E-state index contributed by atoms with van der Waals surface area (Å²) in [5.41, 5.74) is 13.8. The average molecular weight is 743 g/mol. The molecule has 6 atom stereocenters. The molecule has 0 spiro atoms. The predicted octanol–water partition coefficient (Wildman–Crippen LogP) is 9.42. The molecule has 0 radical (unpaired) electrons. The van der Waals surface area contributed by atoms with Gasteiger partial charge in [-0.3, -0.25) is 0 Å². The number of allylic oxidation sites excluding steroid dienone is 11. The normalized spacial score (nSPS) is 30.7. The molecule has 0 amide bonds. The van der Waals surface area contributed by atoms with E-state index in [1.54, 1.807) is 0 Å². The second kappa shape index (κ2) is 14.7. The molecule has 6 aliphatic rings. The molecule has 8 bridgehead atoms. The van der Waals surface area contributed by atoms with Crippen LogP contribution < -0.4 is 15.7 Å². The summed E-state index contributed by atoms with van der Waals surface area (Å²) in [5.74, 6) is 0.737. The van der Waals surface area contributed by atoms with Gasteiger partial charge < -0.3 is 15.6 Å². The van der Waals surface area contributed by atoms with E-state index in [0.717, 1.165) is 69.3 Å². The molecule has 4 aliphatic heterocycles. The Morgan fingerprint density at radius 3 is 1.98 bits per heavy atom. The van der Waals surface area contributed by atoms with Crippen LogP contribution in [-0.4, -0.2) is 23.8 Å². The first kappa shape index (κ1) is 35.5. The quantitative estimate of drug-likeness (QED) is 0.194. The van der Waals surface area contributed by atoms with Crippen molar-refractivity contribution in [3.63, 3.8) is 0 Å². The predicted molar refractivity (Wildman–Crippen MR) is 216 cm³/mol. The maximum atomic E-state index is 5.67. The number of rotatable bonds is 4. The first-order chi connectivity index (χ1) is 25.4. The zero-order valence-corrected chi connectivity index (χ0v) is 34.2. The zero-order chi connectivity index (χ0) is 35.3. The average Bonchev–Trinajstić information content (AvgIpc) is 3.99. The second-order valence-electron chi connectivity index (χ2n) is 15.3. The van der Waals surface area contributed by atoms with Crippen LogP contribution in [0.2, 0.25) is 0 Å². The van der Waals surface area contributed by atoms with Gasteiger partial charge in [0.2, 0.25) is 0 Å². The standard InChI is InChI=1S/C48H45N4.Zn/c1-29-5-13-33(14-6-29)45-37-21-23-39(49-37)46(34-15-7-30(2)8-16-34)41-25-27-43(51-41)48(36-19-11-32(4)12-20-36)44-28-26-42(52-44)47(40-24-22-38(45)50-40)35-17-9-31(3)10-18-35;/h5-15,17,19-25,27-28,34-35,38,40,42,47H,16,18,26H2,1-4H3;/q-3;/b45-37-,46-39-,48-43-;. The van der Waals surface area contributed by atoms with E-state index in [2.05, 4.69) is 155 Å². The molecule has 4 nitrogen and oxygen atoms in total. The van der Waals surface area contributed by atoms with Crippen molar-refractivity contribution in [2.45, 2.75) is 65.1 Å². The van der Waals surface area contributed by atoms with Gasteiger partial charge in [0.05, 0.1) is 11.4 Å². The van der Waals surface area contributed by atoms with Gasteiger partial charge >= 0.3 is 0 Å². The first-order valence-electron chi connectivity index (χ1n) is 18.9. The molecule has 2 aromatic carbocycles. The SMILES string of the molecule is CC1=CCC(/C2=c3\cc/c([n-]3)=C(\c3ccc(C)cc3)C3C=CC([N-]3)C(C3C=CC(C)=CC3)C3CC=C([N-]3)/C(c3ccc(C)cc3)=C3/C=CC2=N3)C=C1.[Zn]. The van der Waals surface area contributed by atoms with Crippen LogP contribution in [0.4, 0.5) is 0 Å². The van der Waals surface area contributed by atoms with Crippen molar-refractivity contribution in [3.05, 3.63) is 194 Å². The van der Waals surface area contributed by atoms with Crippen LogP contribution >= 0.6 is 0 Å². The van der Waals surface area contributed by atoms with Gasteiger partial charge in [-0.1, -0.05) is 137 Å². The van der Waals surface area contributed by atoms with Gasteiger partial charge in [-0.05, 0) is 87.3 Å². The molecule has 0 saturated carbocycles. The number of hydrogen-bond donors (Lipinski definition) is 0. The molecule has 6 unspecified atom stereocenters. The van der Waals surface area contributed by atoms with Crippen LogP contribution in [-0.2, 0) is 19.5 Å². The van der Waals surface area contributed by atoms with E-state index < -0.39 is 0 Å². The van der Waals surface area contributed by atoms with Gasteiger partial charge in [0, 0.05) is 25.4 Å². The van der Waals surface area contributed by atoms with E-state index in [-0.39, 0.29) is 49.4 Å². The van der Waals surface area contributed by atoms with Crippen molar-refractivity contribution in [3.8, 4) is 0 Å². The summed E-state index contributed by atoms with van der Waals surface area (Å²) in [4.78, 5) is 10.9. The van der Waals surface area contributed by atoms with Crippen LogP contribution in [0.5, 0.6) is 0 Å². The largest absolute Gasteiger partial charge is 0.681 e. The summed E-state index contributed by atoms with van der Waals surface area (Å²) in [6, 6.07) is 22.2. The Labute approximate surface area is 326 Å². The molecule has 5 heteroatoms. The number of aromatic nitrogens is 1. The number of aliphatic imine (C=N–C) groups is 1. The van der Waals surface area contributed by atoms with Gasteiger partial charge in [-0.25, -0.2) is 4.99 Å². The van der Waals surface area contributed by atoms with Crippen molar-refractivity contribution in [1.82, 2.24) is 4.98 Å². The molecule has 53 heavy (non-hydrogen) atoms. The minimum Gasteiger partial charge on any atom is -0.681 e. The Kier molecular flexibility index (Phi) is 9.83. The summed E-state index contributed by atoms with van der Waals surface area (Å²) in [6.07, 6.45) is 28.3. The Hall–Kier alpha value is -4.57. The second-order valence-corrected chi connectivity index (χ2v) is 15.3. The van der Waals surface area contributed by atoms with E-state index in [4.69, 9.17) is 20.6 Å². The van der Waals surface area contributed by atoms with Crippen molar-refractivity contribution in [2.24, 2.45) is 22.7 Å². The molecule has 0 N–H and O–H groups in total. The molecule has 2 aliphatic carbocycles. The fourth-order valence-corrected chi connectivity index (χ4v) is 8.74. The van der Waals surface area contributed by atoms with Gasteiger partial charge in [-0.15, -0.1) is 46.7 Å². The molecule has 1 aromatic heterocycles. The van der Waals surface area contributed by atoms with Gasteiger partial charge in [0.1, 0.15) is 0 Å². The summed E-state index contributed by atoms with van der Waals surface area (Å²) < 4.78 is 0. The fourth-order valence-electron chi connectivity index (χ4n) is 8.74. The zero-order valence-electron chi connectivity index (χ0n) is 31.2. The topological polar surface area (TPSA) is 54.7 Å². The molecule has 0 fully saturated rings. The summed E-state index contributed by atoms with van der Waals surface area (Å²) in [5, 5.41) is 13.3. The van der Waals surface area contributed by atoms with Crippen molar-refractivity contribution in [2.75, 3.05) is 0 Å². The molecule has 262 valence electrons. The third-order valence-corrected chi connectivity index (χ3v) is 11.6. The minimum atomic E-state index is -0.105. The van der Waals surface area contributed by atoms with Crippen molar-refractivity contribution < 1.29 is 19.5 Å². The smallest absolute Gasteiger partial charge is 0.0703 e. The number of fused-ring (bicyclic) bond motifs is 7. The maximum Gasteiger partial charge on any atom is 0.0703 e. The summed E-state index contributed by atoms with van der Waals surface area (Å²) >= 11 is 0. The van der Waals surface area contributed by atoms with E-state index in [1.807, 2.05) is 0 Å². The first-order valence-corrected chi connectivity index (χ1v) is 18.9. The number of nitrogens with zero attached hydrogens (tertiary/aromatic N) is 4. The van der Waals surface area contributed by atoms with Gasteiger partial charge in [0.15, 0.2) is 0 Å². The van der Waals surface area contributed by atoms with Crippen molar-refractivity contribution >= 4 is 22.4 Å². The molecular formula is C48H45N4Zn-3. The van der Waals surface area contributed by atoms with Crippen LogP contribution in [0, 0.1) is 31.6 Å². The molecular weight excluding hydrogens is 698 g/mol. The van der Waals surface area contributed by atoms with Crippen LogP contribution in [0.1, 0.15) is 55.4 Å². The fraction of sp³-hybridized carbons (Fsp3) is 0.271. The monoisotopic (exact) mass is 741 g/mol. The number of hydrogen-bond acceptors (Lipinski definition) is 1.